The predicted octanol–water partition coefficient (Wildman–Crippen LogP) is 3.67. The molecule has 2 aromatic carbocycles. The van der Waals surface area contributed by atoms with Crippen LogP contribution in [0, 0.1) is 0 Å². The quantitative estimate of drug-likeness (QED) is 0.724. The van der Waals surface area contributed by atoms with Crippen LogP contribution in [-0.4, -0.2) is 32.3 Å². The van der Waals surface area contributed by atoms with E-state index < -0.39 is 12.1 Å². The number of rotatable bonds is 8. The monoisotopic (exact) mass is 367 g/mol. The summed E-state index contributed by atoms with van der Waals surface area (Å²) in [5.41, 5.74) is 2.02. The Morgan fingerprint density at radius 2 is 1.85 bits per heavy atom. The highest BCUT2D eigenvalue weighted by molar-refractivity contribution is 5.81. The van der Waals surface area contributed by atoms with Gasteiger partial charge in [-0.1, -0.05) is 42.5 Å². The summed E-state index contributed by atoms with van der Waals surface area (Å²) >= 11 is 0. The highest BCUT2D eigenvalue weighted by Crippen LogP contribution is 2.23. The van der Waals surface area contributed by atoms with Gasteiger partial charge in [0.15, 0.2) is 0 Å². The minimum atomic E-state index is -4.88. The number of hydrogen-bond acceptors (Lipinski definition) is 3. The van der Waals surface area contributed by atoms with Crippen LogP contribution in [0.1, 0.15) is 17.2 Å². The normalized spacial score (nSPS) is 12.5. The number of carbonyl (C=O) groups excluding carboxylic acids is 1. The van der Waals surface area contributed by atoms with Crippen molar-refractivity contribution in [2.45, 2.75) is 18.7 Å². The van der Waals surface area contributed by atoms with Gasteiger partial charge in [0, 0.05) is 13.5 Å². The van der Waals surface area contributed by atoms with Crippen molar-refractivity contribution in [3.05, 3.63) is 65.7 Å². The van der Waals surface area contributed by atoms with E-state index in [0.717, 1.165) is 11.1 Å². The van der Waals surface area contributed by atoms with E-state index in [1.165, 1.54) is 0 Å². The van der Waals surface area contributed by atoms with Gasteiger partial charge in [0.05, 0.1) is 12.6 Å². The molecule has 140 valence electrons. The molecule has 26 heavy (non-hydrogen) atoms. The molecule has 1 unspecified atom stereocenters. The van der Waals surface area contributed by atoms with Crippen LogP contribution in [0.15, 0.2) is 54.6 Å². The number of hydrogen-bond donors (Lipinski definition) is 1. The molecule has 4 nitrogen and oxygen atoms in total. The Hall–Kier alpha value is -2.54. The molecular formula is C19H20F3NO3. The molecule has 0 bridgehead atoms. The molecule has 2 rings (SSSR count). The van der Waals surface area contributed by atoms with Crippen molar-refractivity contribution in [2.24, 2.45) is 0 Å². The Bertz CT molecular complexity index is 705. The lowest BCUT2D eigenvalue weighted by Gasteiger charge is -2.16. The molecule has 1 N–H and O–H groups in total. The molecular weight excluding hydrogens is 347 g/mol. The average Bonchev–Trinajstić information content (AvgIpc) is 2.63. The van der Waals surface area contributed by atoms with Gasteiger partial charge in [0.2, 0.25) is 0 Å². The van der Waals surface area contributed by atoms with E-state index in [1.807, 2.05) is 36.4 Å². The highest BCUT2D eigenvalue weighted by Gasteiger charge is 2.38. The molecule has 0 saturated carbocycles. The van der Waals surface area contributed by atoms with Gasteiger partial charge in [-0.15, -0.1) is 0 Å². The Kier molecular flexibility index (Phi) is 7.03. The summed E-state index contributed by atoms with van der Waals surface area (Å²) in [6, 6.07) is 17.0. The third-order valence-electron chi connectivity index (χ3n) is 3.69. The summed E-state index contributed by atoms with van der Waals surface area (Å²) in [6.07, 6.45) is -4.37. The Morgan fingerprint density at radius 1 is 1.12 bits per heavy atom. The number of methoxy groups -OCH3 is 1. The molecule has 0 radical (unpaired) electrons. The lowest BCUT2D eigenvalue weighted by Crippen LogP contribution is -2.38. The fourth-order valence-electron chi connectivity index (χ4n) is 2.41. The number of alkyl halides is 3. The third-order valence-corrected chi connectivity index (χ3v) is 3.69. The molecule has 0 spiro atoms. The standard InChI is InChI=1S/C19H20F3NO3/c1-25-17(15-7-3-2-4-8-15)13-14-6-5-9-16(12-14)26-11-10-23-18(24)19(20,21)22/h2-9,12,17H,10-11,13H2,1H3,(H,23,24). The van der Waals surface area contributed by atoms with Gasteiger partial charge in [0.1, 0.15) is 12.4 Å². The van der Waals surface area contributed by atoms with Crippen molar-refractivity contribution >= 4 is 5.91 Å². The van der Waals surface area contributed by atoms with E-state index in [0.29, 0.717) is 12.2 Å². The summed E-state index contributed by atoms with van der Waals surface area (Å²) in [7, 11) is 1.64. The van der Waals surface area contributed by atoms with Crippen LogP contribution < -0.4 is 10.1 Å². The maximum absolute atomic E-state index is 12.1. The number of carbonyl (C=O) groups is 1. The zero-order valence-electron chi connectivity index (χ0n) is 14.3. The van der Waals surface area contributed by atoms with Crippen LogP contribution in [0.2, 0.25) is 0 Å². The number of ether oxygens (including phenoxy) is 2. The van der Waals surface area contributed by atoms with Crippen LogP contribution in [0.5, 0.6) is 5.75 Å². The van der Waals surface area contributed by atoms with Crippen LogP contribution in [-0.2, 0) is 16.0 Å². The van der Waals surface area contributed by atoms with Gasteiger partial charge in [-0.25, -0.2) is 0 Å². The van der Waals surface area contributed by atoms with Gasteiger partial charge in [0.25, 0.3) is 0 Å². The summed E-state index contributed by atoms with van der Waals surface area (Å²) in [4.78, 5) is 10.7. The lowest BCUT2D eigenvalue weighted by atomic mass is 10.0. The van der Waals surface area contributed by atoms with Crippen molar-refractivity contribution in [1.82, 2.24) is 5.32 Å². The van der Waals surface area contributed by atoms with Crippen molar-refractivity contribution in [1.29, 1.82) is 0 Å². The second-order valence-corrected chi connectivity index (χ2v) is 5.59. The molecule has 0 heterocycles. The maximum Gasteiger partial charge on any atom is 0.471 e. The molecule has 0 saturated heterocycles. The molecule has 1 atom stereocenters. The summed E-state index contributed by atoms with van der Waals surface area (Å²) in [6.45, 7) is -0.287. The van der Waals surface area contributed by atoms with E-state index in [4.69, 9.17) is 9.47 Å². The first-order valence-corrected chi connectivity index (χ1v) is 8.04. The lowest BCUT2D eigenvalue weighted by molar-refractivity contribution is -0.173. The zero-order chi connectivity index (χ0) is 19.0. The summed E-state index contributed by atoms with van der Waals surface area (Å²) in [5, 5.41) is 1.76. The largest absolute Gasteiger partial charge is 0.492 e. The number of halogens is 3. The first-order valence-electron chi connectivity index (χ1n) is 8.04. The molecule has 0 aliphatic heterocycles. The number of amides is 1. The van der Waals surface area contributed by atoms with E-state index in [9.17, 15) is 18.0 Å². The Labute approximate surface area is 149 Å². The summed E-state index contributed by atoms with van der Waals surface area (Å²) in [5.74, 6) is -1.45. The molecule has 0 aliphatic rings. The van der Waals surface area contributed by atoms with Crippen LogP contribution in [0.3, 0.4) is 0 Å². The van der Waals surface area contributed by atoms with Crippen molar-refractivity contribution in [3.8, 4) is 5.75 Å². The molecule has 0 aliphatic carbocycles. The SMILES string of the molecule is COC(Cc1cccc(OCCNC(=O)C(F)(F)F)c1)c1ccccc1. The first kappa shape index (κ1) is 19.8. The minimum Gasteiger partial charge on any atom is -0.492 e. The van der Waals surface area contributed by atoms with Gasteiger partial charge in [-0.3, -0.25) is 4.79 Å². The molecule has 0 fully saturated rings. The van der Waals surface area contributed by atoms with E-state index in [-0.39, 0.29) is 19.3 Å². The van der Waals surface area contributed by atoms with Crippen LogP contribution >= 0.6 is 0 Å². The highest BCUT2D eigenvalue weighted by atomic mass is 19.4. The predicted molar refractivity (Wildman–Crippen MR) is 90.9 cm³/mol. The number of nitrogens with one attached hydrogen (secondary N) is 1. The first-order chi connectivity index (χ1) is 12.4. The zero-order valence-corrected chi connectivity index (χ0v) is 14.3. The summed E-state index contributed by atoms with van der Waals surface area (Å²) < 4.78 is 47.2. The van der Waals surface area contributed by atoms with Gasteiger partial charge < -0.3 is 14.8 Å². The Morgan fingerprint density at radius 3 is 2.50 bits per heavy atom. The van der Waals surface area contributed by atoms with E-state index in [2.05, 4.69) is 0 Å². The molecule has 1 amide bonds. The second-order valence-electron chi connectivity index (χ2n) is 5.59. The van der Waals surface area contributed by atoms with Crippen LogP contribution in [0.4, 0.5) is 13.2 Å². The molecule has 7 heteroatoms. The fraction of sp³-hybridized carbons (Fsp3) is 0.316. The van der Waals surface area contributed by atoms with Crippen molar-refractivity contribution in [3.63, 3.8) is 0 Å². The Balaban J connectivity index is 1.88. The van der Waals surface area contributed by atoms with Gasteiger partial charge in [-0.2, -0.15) is 13.2 Å². The van der Waals surface area contributed by atoms with Gasteiger partial charge >= 0.3 is 12.1 Å². The van der Waals surface area contributed by atoms with E-state index in [1.54, 1.807) is 30.6 Å². The van der Waals surface area contributed by atoms with Crippen molar-refractivity contribution in [2.75, 3.05) is 20.3 Å². The van der Waals surface area contributed by atoms with Gasteiger partial charge in [-0.05, 0) is 23.3 Å². The third kappa shape index (κ3) is 6.07. The fourth-order valence-corrected chi connectivity index (χ4v) is 2.41. The number of benzene rings is 2. The van der Waals surface area contributed by atoms with E-state index >= 15 is 0 Å². The smallest absolute Gasteiger partial charge is 0.471 e. The maximum atomic E-state index is 12.1. The minimum absolute atomic E-state index is 0.0579. The second kappa shape index (κ2) is 9.24. The molecule has 0 aromatic heterocycles. The molecule has 2 aromatic rings. The van der Waals surface area contributed by atoms with Crippen LogP contribution in [0.25, 0.3) is 0 Å². The topological polar surface area (TPSA) is 47.6 Å². The average molecular weight is 367 g/mol. The van der Waals surface area contributed by atoms with Crippen molar-refractivity contribution < 1.29 is 27.4 Å².